The van der Waals surface area contributed by atoms with Gasteiger partial charge in [0.2, 0.25) is 0 Å². The lowest BCUT2D eigenvalue weighted by Gasteiger charge is -2.05. The SMILES string of the molecule is O=C(C=Cc1c(Cl)cccc1Cl)c1ccc(OC(=O)c2ccc(F)cc2)cc1. The largest absolute Gasteiger partial charge is 0.423 e. The van der Waals surface area contributed by atoms with Crippen LogP contribution in [0.1, 0.15) is 26.3 Å². The fourth-order valence-corrected chi connectivity index (χ4v) is 2.89. The Kier molecular flexibility index (Phi) is 6.24. The Labute approximate surface area is 171 Å². The maximum absolute atomic E-state index is 12.9. The molecule has 0 N–H and O–H groups in total. The molecule has 140 valence electrons. The summed E-state index contributed by atoms with van der Waals surface area (Å²) in [7, 11) is 0. The van der Waals surface area contributed by atoms with E-state index < -0.39 is 11.8 Å². The second-order valence-electron chi connectivity index (χ2n) is 5.75. The number of ketones is 1. The smallest absolute Gasteiger partial charge is 0.343 e. The highest BCUT2D eigenvalue weighted by molar-refractivity contribution is 6.37. The van der Waals surface area contributed by atoms with E-state index in [4.69, 9.17) is 27.9 Å². The molecule has 0 fully saturated rings. The molecule has 0 heterocycles. The van der Waals surface area contributed by atoms with Crippen molar-refractivity contribution < 1.29 is 18.7 Å². The van der Waals surface area contributed by atoms with E-state index in [1.165, 1.54) is 54.6 Å². The highest BCUT2D eigenvalue weighted by Crippen LogP contribution is 2.25. The number of halogens is 3. The second-order valence-corrected chi connectivity index (χ2v) is 6.57. The fourth-order valence-electron chi connectivity index (χ4n) is 2.36. The number of carbonyl (C=O) groups is 2. The van der Waals surface area contributed by atoms with Crippen molar-refractivity contribution in [2.24, 2.45) is 0 Å². The number of esters is 1. The lowest BCUT2D eigenvalue weighted by atomic mass is 10.1. The molecule has 0 atom stereocenters. The van der Waals surface area contributed by atoms with Gasteiger partial charge in [0.1, 0.15) is 11.6 Å². The summed E-state index contributed by atoms with van der Waals surface area (Å²) in [6, 6.07) is 16.2. The van der Waals surface area contributed by atoms with Gasteiger partial charge in [-0.05, 0) is 72.8 Å². The van der Waals surface area contributed by atoms with Crippen molar-refractivity contribution in [3.8, 4) is 5.75 Å². The third-order valence-corrected chi connectivity index (χ3v) is 4.49. The van der Waals surface area contributed by atoms with Crippen LogP contribution in [0.25, 0.3) is 6.08 Å². The second kappa shape index (κ2) is 8.83. The van der Waals surface area contributed by atoms with Crippen molar-refractivity contribution in [1.29, 1.82) is 0 Å². The van der Waals surface area contributed by atoms with Gasteiger partial charge < -0.3 is 4.74 Å². The first kappa shape index (κ1) is 19.8. The summed E-state index contributed by atoms with van der Waals surface area (Å²) in [6.45, 7) is 0. The van der Waals surface area contributed by atoms with Crippen LogP contribution in [-0.4, -0.2) is 11.8 Å². The van der Waals surface area contributed by atoms with Gasteiger partial charge >= 0.3 is 5.97 Å². The zero-order valence-corrected chi connectivity index (χ0v) is 15.9. The quantitative estimate of drug-likeness (QED) is 0.214. The van der Waals surface area contributed by atoms with Gasteiger partial charge in [0, 0.05) is 21.2 Å². The monoisotopic (exact) mass is 414 g/mol. The Bertz CT molecular complexity index is 1020. The lowest BCUT2D eigenvalue weighted by molar-refractivity contribution is 0.0734. The van der Waals surface area contributed by atoms with Gasteiger partial charge in [0.15, 0.2) is 5.78 Å². The molecule has 0 spiro atoms. The van der Waals surface area contributed by atoms with E-state index in [9.17, 15) is 14.0 Å². The Morgan fingerprint density at radius 3 is 2.00 bits per heavy atom. The van der Waals surface area contributed by atoms with Crippen LogP contribution >= 0.6 is 23.2 Å². The molecule has 3 aromatic rings. The van der Waals surface area contributed by atoms with Gasteiger partial charge in [-0.3, -0.25) is 4.79 Å². The molecule has 6 heteroatoms. The first-order valence-electron chi connectivity index (χ1n) is 8.18. The molecule has 3 aromatic carbocycles. The molecular formula is C22H13Cl2FO3. The molecule has 0 radical (unpaired) electrons. The van der Waals surface area contributed by atoms with Crippen LogP contribution in [0, 0.1) is 5.82 Å². The number of rotatable bonds is 5. The summed E-state index contributed by atoms with van der Waals surface area (Å²) >= 11 is 12.1. The van der Waals surface area contributed by atoms with Gasteiger partial charge in [-0.25, -0.2) is 9.18 Å². The number of allylic oxidation sites excluding steroid dienone is 1. The Morgan fingerprint density at radius 1 is 0.821 bits per heavy atom. The predicted octanol–water partition coefficient (Wildman–Crippen LogP) is 6.25. The molecule has 0 aliphatic carbocycles. The molecule has 0 saturated heterocycles. The topological polar surface area (TPSA) is 43.4 Å². The highest BCUT2D eigenvalue weighted by atomic mass is 35.5. The van der Waals surface area contributed by atoms with Crippen molar-refractivity contribution in [3.05, 3.63) is 105 Å². The van der Waals surface area contributed by atoms with Crippen LogP contribution in [0.3, 0.4) is 0 Å². The molecule has 0 bridgehead atoms. The summed E-state index contributed by atoms with van der Waals surface area (Å²) < 4.78 is 18.1. The van der Waals surface area contributed by atoms with Crippen molar-refractivity contribution in [3.63, 3.8) is 0 Å². The maximum Gasteiger partial charge on any atom is 0.343 e. The van der Waals surface area contributed by atoms with Crippen LogP contribution in [0.15, 0.2) is 72.8 Å². The van der Waals surface area contributed by atoms with Crippen molar-refractivity contribution in [2.75, 3.05) is 0 Å². The predicted molar refractivity (Wildman–Crippen MR) is 108 cm³/mol. The molecule has 0 aliphatic heterocycles. The Morgan fingerprint density at radius 2 is 1.39 bits per heavy atom. The summed E-state index contributed by atoms with van der Waals surface area (Å²) in [5.41, 5.74) is 1.19. The fraction of sp³-hybridized carbons (Fsp3) is 0. The summed E-state index contributed by atoms with van der Waals surface area (Å²) in [6.07, 6.45) is 2.92. The number of hydrogen-bond donors (Lipinski definition) is 0. The molecular weight excluding hydrogens is 402 g/mol. The summed E-state index contributed by atoms with van der Waals surface area (Å²) in [4.78, 5) is 24.3. The van der Waals surface area contributed by atoms with E-state index >= 15 is 0 Å². The number of ether oxygens (including phenoxy) is 1. The van der Waals surface area contributed by atoms with E-state index in [-0.39, 0.29) is 17.1 Å². The van der Waals surface area contributed by atoms with E-state index in [1.54, 1.807) is 24.3 Å². The third kappa shape index (κ3) is 4.85. The molecule has 0 aromatic heterocycles. The average molecular weight is 415 g/mol. The molecule has 0 aliphatic rings. The zero-order valence-electron chi connectivity index (χ0n) is 14.4. The number of hydrogen-bond acceptors (Lipinski definition) is 3. The molecule has 28 heavy (non-hydrogen) atoms. The maximum atomic E-state index is 12.9. The van der Waals surface area contributed by atoms with Crippen molar-refractivity contribution in [1.82, 2.24) is 0 Å². The molecule has 3 rings (SSSR count). The van der Waals surface area contributed by atoms with Crippen molar-refractivity contribution >= 4 is 41.0 Å². The van der Waals surface area contributed by atoms with E-state index in [0.29, 0.717) is 21.2 Å². The zero-order chi connectivity index (χ0) is 20.1. The minimum atomic E-state index is -0.618. The Balaban J connectivity index is 1.68. The average Bonchev–Trinajstić information content (AvgIpc) is 2.68. The minimum Gasteiger partial charge on any atom is -0.423 e. The Hall–Kier alpha value is -2.95. The first-order chi connectivity index (χ1) is 13.4. The number of benzene rings is 3. The minimum absolute atomic E-state index is 0.223. The van der Waals surface area contributed by atoms with Crippen LogP contribution in [0.4, 0.5) is 4.39 Å². The van der Waals surface area contributed by atoms with Gasteiger partial charge in [-0.2, -0.15) is 0 Å². The van der Waals surface area contributed by atoms with Gasteiger partial charge in [-0.15, -0.1) is 0 Å². The van der Waals surface area contributed by atoms with Gasteiger partial charge in [0.25, 0.3) is 0 Å². The van der Waals surface area contributed by atoms with Crippen LogP contribution in [0.2, 0.25) is 10.0 Å². The molecule has 0 saturated carbocycles. The third-order valence-electron chi connectivity index (χ3n) is 3.83. The molecule has 3 nitrogen and oxygen atoms in total. The number of carbonyl (C=O) groups excluding carboxylic acids is 2. The first-order valence-corrected chi connectivity index (χ1v) is 8.94. The normalized spacial score (nSPS) is 10.8. The van der Waals surface area contributed by atoms with E-state index in [2.05, 4.69) is 0 Å². The molecule has 0 amide bonds. The van der Waals surface area contributed by atoms with Gasteiger partial charge in [0.05, 0.1) is 5.56 Å². The van der Waals surface area contributed by atoms with Gasteiger partial charge in [-0.1, -0.05) is 29.3 Å². The van der Waals surface area contributed by atoms with Crippen LogP contribution < -0.4 is 4.74 Å². The van der Waals surface area contributed by atoms with Crippen LogP contribution in [-0.2, 0) is 0 Å². The van der Waals surface area contributed by atoms with E-state index in [1.807, 2.05) is 0 Å². The van der Waals surface area contributed by atoms with E-state index in [0.717, 1.165) is 0 Å². The summed E-state index contributed by atoms with van der Waals surface area (Å²) in [5.74, 6) is -1.05. The molecule has 0 unspecified atom stereocenters. The standard InChI is InChI=1S/C22H13Cl2FO3/c23-19-2-1-3-20(24)18(19)12-13-21(26)14-6-10-17(11-7-14)28-22(27)15-4-8-16(25)9-5-15/h1-13H. The summed E-state index contributed by atoms with van der Waals surface area (Å²) in [5, 5.41) is 0.888. The lowest BCUT2D eigenvalue weighted by Crippen LogP contribution is -2.08. The highest BCUT2D eigenvalue weighted by Gasteiger charge is 2.10. The van der Waals surface area contributed by atoms with Crippen molar-refractivity contribution in [2.45, 2.75) is 0 Å². The van der Waals surface area contributed by atoms with Crippen LogP contribution in [0.5, 0.6) is 5.75 Å².